The summed E-state index contributed by atoms with van der Waals surface area (Å²) in [7, 11) is 0. The first-order chi connectivity index (χ1) is 7.93. The molecule has 0 heterocycles. The van der Waals surface area contributed by atoms with Crippen LogP contribution < -0.4 is 0 Å². The first-order valence-corrected chi connectivity index (χ1v) is 6.26. The molecule has 78 valence electrons. The van der Waals surface area contributed by atoms with Gasteiger partial charge in [0, 0.05) is 9.80 Å². The average Bonchev–Trinajstić information content (AvgIpc) is 2.74. The van der Waals surface area contributed by atoms with Gasteiger partial charge in [-0.05, 0) is 29.7 Å². The van der Waals surface area contributed by atoms with E-state index in [4.69, 9.17) is 0 Å². The summed E-state index contributed by atoms with van der Waals surface area (Å²) >= 11 is 1.85. The van der Waals surface area contributed by atoms with Gasteiger partial charge in [0.25, 0.3) is 0 Å². The van der Waals surface area contributed by atoms with Gasteiger partial charge in [-0.3, -0.25) is 0 Å². The summed E-state index contributed by atoms with van der Waals surface area (Å²) in [5, 5.41) is 0. The third-order valence-electron chi connectivity index (χ3n) is 2.76. The maximum absolute atomic E-state index is 2.32. The Morgan fingerprint density at radius 3 is 2.44 bits per heavy atom. The van der Waals surface area contributed by atoms with Crippen LogP contribution in [0.1, 0.15) is 11.1 Å². The van der Waals surface area contributed by atoms with Crippen LogP contribution in [0.3, 0.4) is 0 Å². The Bertz CT molecular complexity index is 526. The van der Waals surface area contributed by atoms with Crippen LogP contribution in [0, 0.1) is 0 Å². The monoisotopic (exact) mass is 224 g/mol. The van der Waals surface area contributed by atoms with Gasteiger partial charge in [-0.1, -0.05) is 60.3 Å². The van der Waals surface area contributed by atoms with Crippen LogP contribution in [-0.2, 0) is 6.42 Å². The van der Waals surface area contributed by atoms with Crippen molar-refractivity contribution < 1.29 is 0 Å². The number of hydrogen-bond acceptors (Lipinski definition) is 1. The van der Waals surface area contributed by atoms with Crippen LogP contribution in [0.4, 0.5) is 0 Å². The van der Waals surface area contributed by atoms with Gasteiger partial charge in [-0.2, -0.15) is 0 Å². The molecule has 0 atom stereocenters. The minimum atomic E-state index is 1.07. The molecule has 0 N–H and O–H groups in total. The highest BCUT2D eigenvalue weighted by atomic mass is 32.2. The van der Waals surface area contributed by atoms with E-state index in [2.05, 4.69) is 60.7 Å². The lowest BCUT2D eigenvalue weighted by molar-refractivity contribution is 1.31. The first-order valence-electron chi connectivity index (χ1n) is 5.45. The standard InChI is InChI=1S/C15H12S/c1-2-7-13(8-3-1)16-15-11-10-12-6-4-5-9-14(12)15/h1-9,11H,10H2. The molecule has 0 radical (unpaired) electrons. The molecule has 1 aliphatic rings. The van der Waals surface area contributed by atoms with Crippen LogP contribution in [0.5, 0.6) is 0 Å². The smallest absolute Gasteiger partial charge is 0.0161 e. The van der Waals surface area contributed by atoms with Crippen LogP contribution in [0.25, 0.3) is 4.91 Å². The molecular formula is C15H12S. The molecule has 0 amide bonds. The molecule has 0 fully saturated rings. The Morgan fingerprint density at radius 2 is 1.56 bits per heavy atom. The van der Waals surface area contributed by atoms with E-state index >= 15 is 0 Å². The minimum Gasteiger partial charge on any atom is -0.0898 e. The molecule has 0 bridgehead atoms. The lowest BCUT2D eigenvalue weighted by atomic mass is 10.1. The van der Waals surface area contributed by atoms with Crippen molar-refractivity contribution >= 4 is 16.7 Å². The molecule has 2 aromatic rings. The third-order valence-corrected chi connectivity index (χ3v) is 3.88. The van der Waals surface area contributed by atoms with Crippen molar-refractivity contribution in [2.45, 2.75) is 11.3 Å². The van der Waals surface area contributed by atoms with Gasteiger partial charge in [-0.25, -0.2) is 0 Å². The van der Waals surface area contributed by atoms with Crippen LogP contribution in [-0.4, -0.2) is 0 Å². The second-order valence-corrected chi connectivity index (χ2v) is 4.96. The molecule has 0 saturated heterocycles. The molecule has 0 nitrogen and oxygen atoms in total. The normalized spacial score (nSPS) is 13.4. The molecule has 1 aliphatic carbocycles. The van der Waals surface area contributed by atoms with Gasteiger partial charge in [0.05, 0.1) is 0 Å². The molecule has 0 aliphatic heterocycles. The Hall–Kier alpha value is -1.47. The van der Waals surface area contributed by atoms with Gasteiger partial charge in [-0.15, -0.1) is 0 Å². The molecular weight excluding hydrogens is 212 g/mol. The van der Waals surface area contributed by atoms with E-state index in [1.807, 2.05) is 11.8 Å². The fourth-order valence-electron chi connectivity index (χ4n) is 1.96. The van der Waals surface area contributed by atoms with E-state index < -0.39 is 0 Å². The highest BCUT2D eigenvalue weighted by molar-refractivity contribution is 8.08. The summed E-state index contributed by atoms with van der Waals surface area (Å²) in [6, 6.07) is 19.2. The van der Waals surface area contributed by atoms with Crippen LogP contribution in [0.15, 0.2) is 65.6 Å². The lowest BCUT2D eigenvalue weighted by Gasteiger charge is -2.04. The van der Waals surface area contributed by atoms with Crippen molar-refractivity contribution in [2.75, 3.05) is 0 Å². The van der Waals surface area contributed by atoms with Gasteiger partial charge in [0.2, 0.25) is 0 Å². The summed E-state index contributed by atoms with van der Waals surface area (Å²) < 4.78 is 0. The Labute approximate surface area is 100 Å². The molecule has 0 saturated carbocycles. The molecule has 0 unspecified atom stereocenters. The van der Waals surface area contributed by atoms with Gasteiger partial charge < -0.3 is 0 Å². The minimum absolute atomic E-state index is 1.07. The predicted octanol–water partition coefficient (Wildman–Crippen LogP) is 4.38. The third kappa shape index (κ3) is 1.79. The van der Waals surface area contributed by atoms with Gasteiger partial charge in [0.15, 0.2) is 0 Å². The van der Waals surface area contributed by atoms with Crippen molar-refractivity contribution in [3.8, 4) is 0 Å². The highest BCUT2D eigenvalue weighted by Gasteiger charge is 2.13. The van der Waals surface area contributed by atoms with Gasteiger partial charge in [0.1, 0.15) is 0 Å². The Morgan fingerprint density at radius 1 is 0.812 bits per heavy atom. The van der Waals surface area contributed by atoms with Crippen molar-refractivity contribution in [3.63, 3.8) is 0 Å². The molecule has 0 spiro atoms. The maximum Gasteiger partial charge on any atom is 0.0161 e. The summed E-state index contributed by atoms with van der Waals surface area (Å²) in [4.78, 5) is 2.70. The van der Waals surface area contributed by atoms with Crippen molar-refractivity contribution in [1.82, 2.24) is 0 Å². The van der Waals surface area contributed by atoms with E-state index in [1.54, 1.807) is 0 Å². The highest BCUT2D eigenvalue weighted by Crippen LogP contribution is 2.39. The zero-order chi connectivity index (χ0) is 10.8. The SMILES string of the molecule is C1=C(Sc2ccccc2)c2ccccc2C1. The topological polar surface area (TPSA) is 0 Å². The number of benzene rings is 2. The van der Waals surface area contributed by atoms with E-state index in [0.29, 0.717) is 0 Å². The number of rotatable bonds is 2. The van der Waals surface area contributed by atoms with E-state index in [9.17, 15) is 0 Å². The first kappa shape index (κ1) is 9.73. The Balaban J connectivity index is 1.89. The lowest BCUT2D eigenvalue weighted by Crippen LogP contribution is -1.80. The second-order valence-electron chi connectivity index (χ2n) is 3.84. The van der Waals surface area contributed by atoms with Crippen LogP contribution >= 0.6 is 11.8 Å². The van der Waals surface area contributed by atoms with Crippen molar-refractivity contribution in [2.24, 2.45) is 0 Å². The number of hydrogen-bond donors (Lipinski definition) is 0. The summed E-state index contributed by atoms with van der Waals surface area (Å²) in [5.74, 6) is 0. The van der Waals surface area contributed by atoms with Crippen molar-refractivity contribution in [1.29, 1.82) is 0 Å². The predicted molar refractivity (Wildman–Crippen MR) is 70.4 cm³/mol. The molecule has 3 rings (SSSR count). The summed E-state index contributed by atoms with van der Waals surface area (Å²) in [6.45, 7) is 0. The second kappa shape index (κ2) is 4.18. The van der Waals surface area contributed by atoms with E-state index in [0.717, 1.165) is 6.42 Å². The quantitative estimate of drug-likeness (QED) is 0.729. The molecule has 1 heteroatoms. The van der Waals surface area contributed by atoms with E-state index in [1.165, 1.54) is 20.9 Å². The van der Waals surface area contributed by atoms with Crippen molar-refractivity contribution in [3.05, 3.63) is 71.8 Å². The molecule has 2 aromatic carbocycles. The fourth-order valence-corrected chi connectivity index (χ4v) is 2.99. The number of allylic oxidation sites excluding steroid dienone is 1. The summed E-state index contributed by atoms with van der Waals surface area (Å²) in [6.07, 6.45) is 3.40. The van der Waals surface area contributed by atoms with Gasteiger partial charge >= 0.3 is 0 Å². The average molecular weight is 224 g/mol. The Kier molecular flexibility index (Phi) is 2.55. The molecule has 16 heavy (non-hydrogen) atoms. The molecule has 0 aromatic heterocycles. The largest absolute Gasteiger partial charge is 0.0898 e. The number of thioether (sulfide) groups is 1. The fraction of sp³-hybridized carbons (Fsp3) is 0.0667. The van der Waals surface area contributed by atoms with E-state index in [-0.39, 0.29) is 0 Å². The zero-order valence-corrected chi connectivity index (χ0v) is 9.71. The maximum atomic E-state index is 2.32. The summed E-state index contributed by atoms with van der Waals surface area (Å²) in [5.41, 5.74) is 2.84. The zero-order valence-electron chi connectivity index (χ0n) is 8.89. The number of fused-ring (bicyclic) bond motifs is 1. The van der Waals surface area contributed by atoms with Crippen LogP contribution in [0.2, 0.25) is 0 Å².